The van der Waals surface area contributed by atoms with Crippen LogP contribution in [0.2, 0.25) is 0 Å². The first-order chi connectivity index (χ1) is 16.1. The number of rotatable bonds is 9. The number of aryl methyl sites for hydroxylation is 1. The molecule has 2 fully saturated rings. The van der Waals surface area contributed by atoms with Crippen molar-refractivity contribution in [3.63, 3.8) is 0 Å². The Morgan fingerprint density at radius 2 is 1.52 bits per heavy atom. The Hall–Kier alpha value is -1.90. The lowest BCUT2D eigenvalue weighted by molar-refractivity contribution is 0.141. The molecule has 3 heteroatoms. The standard InChI is InChI=1S/C30H40F2O/c1-3-5-21-8-13-24(14-9-21)25-15-10-22(11-16-25)6-7-23-12-17-26-20-28(33-18-4-2)30(32)29(31)27(26)19-23/h4,12,17,19-22,24-25H,2-3,5-11,13-16,18H2,1H3. The molecule has 2 aromatic rings. The van der Waals surface area contributed by atoms with Gasteiger partial charge in [0, 0.05) is 5.39 Å². The van der Waals surface area contributed by atoms with E-state index in [4.69, 9.17) is 4.74 Å². The molecule has 4 rings (SSSR count). The number of hydrogen-bond acceptors (Lipinski definition) is 1. The fourth-order valence-electron chi connectivity index (χ4n) is 6.44. The summed E-state index contributed by atoms with van der Waals surface area (Å²) in [5, 5.41) is 1.02. The highest BCUT2D eigenvalue weighted by Crippen LogP contribution is 2.43. The first-order valence-electron chi connectivity index (χ1n) is 13.2. The molecule has 2 aliphatic rings. The minimum absolute atomic E-state index is 0.0525. The fourth-order valence-corrected chi connectivity index (χ4v) is 6.44. The molecule has 2 saturated carbocycles. The Morgan fingerprint density at radius 3 is 2.12 bits per heavy atom. The highest BCUT2D eigenvalue weighted by Gasteiger charge is 2.30. The van der Waals surface area contributed by atoms with Crippen molar-refractivity contribution in [2.75, 3.05) is 6.61 Å². The van der Waals surface area contributed by atoms with Gasteiger partial charge in [-0.25, -0.2) is 4.39 Å². The zero-order valence-electron chi connectivity index (χ0n) is 20.3. The van der Waals surface area contributed by atoms with Gasteiger partial charge in [-0.1, -0.05) is 70.2 Å². The van der Waals surface area contributed by atoms with E-state index in [-0.39, 0.29) is 12.4 Å². The maximum Gasteiger partial charge on any atom is 0.201 e. The minimum Gasteiger partial charge on any atom is -0.486 e. The molecule has 0 radical (unpaired) electrons. The van der Waals surface area contributed by atoms with E-state index in [1.807, 2.05) is 12.1 Å². The molecule has 0 aliphatic heterocycles. The van der Waals surface area contributed by atoms with Crippen LogP contribution in [-0.4, -0.2) is 6.61 Å². The summed E-state index contributed by atoms with van der Waals surface area (Å²) in [5.74, 6) is 1.89. The number of hydrogen-bond donors (Lipinski definition) is 0. The van der Waals surface area contributed by atoms with Crippen molar-refractivity contribution >= 4 is 10.8 Å². The Labute approximate surface area is 198 Å². The topological polar surface area (TPSA) is 9.23 Å². The first-order valence-corrected chi connectivity index (χ1v) is 13.2. The van der Waals surface area contributed by atoms with E-state index < -0.39 is 11.6 Å². The van der Waals surface area contributed by atoms with Gasteiger partial charge in [0.1, 0.15) is 6.61 Å². The van der Waals surface area contributed by atoms with Crippen LogP contribution in [0.3, 0.4) is 0 Å². The molecule has 0 atom stereocenters. The first kappa shape index (κ1) is 24.2. The number of ether oxygens (including phenoxy) is 1. The van der Waals surface area contributed by atoms with Crippen molar-refractivity contribution in [1.29, 1.82) is 0 Å². The summed E-state index contributed by atoms with van der Waals surface area (Å²) in [6, 6.07) is 7.35. The largest absolute Gasteiger partial charge is 0.486 e. The number of fused-ring (bicyclic) bond motifs is 1. The van der Waals surface area contributed by atoms with E-state index in [0.29, 0.717) is 10.8 Å². The van der Waals surface area contributed by atoms with Crippen LogP contribution in [0.5, 0.6) is 5.75 Å². The summed E-state index contributed by atoms with van der Waals surface area (Å²) in [7, 11) is 0. The molecule has 1 nitrogen and oxygen atoms in total. The maximum atomic E-state index is 14.7. The predicted octanol–water partition coefficient (Wildman–Crippen LogP) is 9.03. The van der Waals surface area contributed by atoms with Gasteiger partial charge in [0.25, 0.3) is 0 Å². The predicted molar refractivity (Wildman–Crippen MR) is 134 cm³/mol. The van der Waals surface area contributed by atoms with Crippen molar-refractivity contribution in [1.82, 2.24) is 0 Å². The second-order valence-electron chi connectivity index (χ2n) is 10.5. The van der Waals surface area contributed by atoms with Crippen molar-refractivity contribution < 1.29 is 13.5 Å². The Bertz CT molecular complexity index is 921. The summed E-state index contributed by atoms with van der Waals surface area (Å²) >= 11 is 0. The molecule has 0 bridgehead atoms. The normalized spacial score (nSPS) is 25.8. The van der Waals surface area contributed by atoms with Crippen LogP contribution in [-0.2, 0) is 6.42 Å². The quantitative estimate of drug-likeness (QED) is 0.343. The van der Waals surface area contributed by atoms with Crippen LogP contribution in [0.4, 0.5) is 8.78 Å². The number of halogens is 2. The SMILES string of the molecule is C=CCOc1cc2ccc(CCC3CCC(C4CCC(CCC)CC4)CC3)cc2c(F)c1F. The Balaban J connectivity index is 1.29. The highest BCUT2D eigenvalue weighted by atomic mass is 19.2. The Morgan fingerprint density at radius 1 is 0.879 bits per heavy atom. The summed E-state index contributed by atoms with van der Waals surface area (Å²) < 4.78 is 34.3. The molecule has 2 aromatic carbocycles. The number of benzene rings is 2. The molecule has 2 aliphatic carbocycles. The van der Waals surface area contributed by atoms with Gasteiger partial charge in [-0.3, -0.25) is 0 Å². The van der Waals surface area contributed by atoms with Crippen LogP contribution in [0.1, 0.15) is 83.1 Å². The van der Waals surface area contributed by atoms with Crippen LogP contribution >= 0.6 is 0 Å². The average molecular weight is 455 g/mol. The minimum atomic E-state index is -0.913. The second kappa shape index (κ2) is 11.5. The molecule has 0 amide bonds. The summed E-state index contributed by atoms with van der Waals surface area (Å²) in [4.78, 5) is 0. The third-order valence-corrected chi connectivity index (χ3v) is 8.39. The smallest absolute Gasteiger partial charge is 0.201 e. The maximum absolute atomic E-state index is 14.7. The summed E-state index contributed by atoms with van der Waals surface area (Å²) in [6.07, 6.45) is 17.6. The molecular weight excluding hydrogens is 414 g/mol. The van der Waals surface area contributed by atoms with Gasteiger partial charge in [0.2, 0.25) is 5.82 Å². The average Bonchev–Trinajstić information content (AvgIpc) is 2.85. The van der Waals surface area contributed by atoms with E-state index in [9.17, 15) is 8.78 Å². The molecular formula is C30H40F2O. The van der Waals surface area contributed by atoms with Crippen molar-refractivity contribution in [2.45, 2.75) is 84.0 Å². The third kappa shape index (κ3) is 5.97. The van der Waals surface area contributed by atoms with Gasteiger partial charge in [0.15, 0.2) is 11.6 Å². The highest BCUT2D eigenvalue weighted by molar-refractivity contribution is 5.85. The molecule has 0 saturated heterocycles. The van der Waals surface area contributed by atoms with E-state index in [1.54, 1.807) is 6.07 Å². The van der Waals surface area contributed by atoms with Crippen LogP contribution in [0.25, 0.3) is 10.8 Å². The molecule has 0 spiro atoms. The molecule has 33 heavy (non-hydrogen) atoms. The van der Waals surface area contributed by atoms with Crippen LogP contribution in [0, 0.1) is 35.3 Å². The van der Waals surface area contributed by atoms with E-state index in [0.717, 1.165) is 42.1 Å². The lowest BCUT2D eigenvalue weighted by Crippen LogP contribution is -2.26. The van der Waals surface area contributed by atoms with E-state index in [2.05, 4.69) is 19.6 Å². The van der Waals surface area contributed by atoms with Gasteiger partial charge < -0.3 is 4.74 Å². The second-order valence-corrected chi connectivity index (χ2v) is 10.5. The van der Waals surface area contributed by atoms with Crippen LogP contribution < -0.4 is 4.74 Å². The molecule has 0 aromatic heterocycles. The lowest BCUT2D eigenvalue weighted by atomic mass is 9.68. The lowest BCUT2D eigenvalue weighted by Gasteiger charge is -2.38. The van der Waals surface area contributed by atoms with Crippen LogP contribution in [0.15, 0.2) is 36.9 Å². The van der Waals surface area contributed by atoms with Crippen molar-refractivity contribution in [2.24, 2.45) is 23.7 Å². The monoisotopic (exact) mass is 454 g/mol. The summed E-state index contributed by atoms with van der Waals surface area (Å²) in [5.41, 5.74) is 1.09. The van der Waals surface area contributed by atoms with Crippen molar-refractivity contribution in [3.8, 4) is 5.75 Å². The zero-order valence-corrected chi connectivity index (χ0v) is 20.3. The van der Waals surface area contributed by atoms with Gasteiger partial charge in [-0.2, -0.15) is 4.39 Å². The molecule has 180 valence electrons. The van der Waals surface area contributed by atoms with Gasteiger partial charge in [-0.05, 0) is 85.3 Å². The van der Waals surface area contributed by atoms with E-state index in [1.165, 1.54) is 70.3 Å². The van der Waals surface area contributed by atoms with Crippen molar-refractivity contribution in [3.05, 3.63) is 54.1 Å². The van der Waals surface area contributed by atoms with Gasteiger partial charge >= 0.3 is 0 Å². The Kier molecular flexibility index (Phi) is 8.44. The van der Waals surface area contributed by atoms with Gasteiger partial charge in [0.05, 0.1) is 0 Å². The van der Waals surface area contributed by atoms with E-state index >= 15 is 0 Å². The van der Waals surface area contributed by atoms with Gasteiger partial charge in [-0.15, -0.1) is 0 Å². The summed E-state index contributed by atoms with van der Waals surface area (Å²) in [6.45, 7) is 6.03. The fraction of sp³-hybridized carbons (Fsp3) is 0.600. The molecule has 0 N–H and O–H groups in total. The molecule has 0 heterocycles. The zero-order chi connectivity index (χ0) is 23.2. The molecule has 0 unspecified atom stereocenters. The third-order valence-electron chi connectivity index (χ3n) is 8.39.